The lowest BCUT2D eigenvalue weighted by molar-refractivity contribution is 0.650. The monoisotopic (exact) mass is 247 g/mol. The number of likely N-dealkylation sites (N-methyl/N-ethyl adjacent to an activating group) is 1. The maximum Gasteiger partial charge on any atom is 0.131 e. The van der Waals surface area contributed by atoms with Gasteiger partial charge in [0.25, 0.3) is 0 Å². The Hall–Kier alpha value is -0.960. The van der Waals surface area contributed by atoms with E-state index in [4.69, 9.17) is 9.97 Å². The van der Waals surface area contributed by atoms with Gasteiger partial charge in [-0.1, -0.05) is 19.8 Å². The molecule has 1 aromatic heterocycles. The van der Waals surface area contributed by atoms with Gasteiger partial charge in [-0.25, -0.2) is 9.97 Å². The average molecular weight is 247 g/mol. The summed E-state index contributed by atoms with van der Waals surface area (Å²) >= 11 is 0. The maximum atomic E-state index is 4.76. The lowest BCUT2D eigenvalue weighted by atomic mass is 10.0. The molecule has 0 aliphatic heterocycles. The summed E-state index contributed by atoms with van der Waals surface area (Å²) < 4.78 is 0. The average Bonchev–Trinajstić information content (AvgIpc) is 2.86. The Morgan fingerprint density at radius 1 is 1.11 bits per heavy atom. The second kappa shape index (κ2) is 6.28. The van der Waals surface area contributed by atoms with Gasteiger partial charge in [-0.3, -0.25) is 0 Å². The van der Waals surface area contributed by atoms with Crippen molar-refractivity contribution in [2.75, 3.05) is 13.1 Å². The van der Waals surface area contributed by atoms with Crippen molar-refractivity contribution in [2.24, 2.45) is 0 Å². The third-order valence-electron chi connectivity index (χ3n) is 3.96. The van der Waals surface area contributed by atoms with Crippen LogP contribution >= 0.6 is 0 Å². The molecule has 0 amide bonds. The fourth-order valence-electron chi connectivity index (χ4n) is 2.88. The lowest BCUT2D eigenvalue weighted by Crippen LogP contribution is -2.18. The minimum Gasteiger partial charge on any atom is -0.317 e. The normalized spacial score (nSPS) is 16.4. The number of hydrogen-bond acceptors (Lipinski definition) is 3. The van der Waals surface area contributed by atoms with E-state index in [-0.39, 0.29) is 0 Å². The van der Waals surface area contributed by atoms with Crippen molar-refractivity contribution in [1.29, 1.82) is 0 Å². The largest absolute Gasteiger partial charge is 0.317 e. The molecule has 0 radical (unpaired) electrons. The number of nitrogens with one attached hydrogen (secondary N) is 1. The van der Waals surface area contributed by atoms with Crippen molar-refractivity contribution in [3.05, 3.63) is 22.8 Å². The zero-order valence-corrected chi connectivity index (χ0v) is 11.9. The van der Waals surface area contributed by atoms with Gasteiger partial charge < -0.3 is 5.32 Å². The Balaban J connectivity index is 2.12. The molecule has 0 aromatic carbocycles. The van der Waals surface area contributed by atoms with Crippen LogP contribution in [0.3, 0.4) is 0 Å². The summed E-state index contributed by atoms with van der Waals surface area (Å²) in [4.78, 5) is 9.51. The van der Waals surface area contributed by atoms with Crippen molar-refractivity contribution in [3.63, 3.8) is 0 Å². The Bertz CT molecular complexity index is 372. The molecule has 0 atom stereocenters. The van der Waals surface area contributed by atoms with Gasteiger partial charge >= 0.3 is 0 Å². The van der Waals surface area contributed by atoms with Crippen LogP contribution in [-0.4, -0.2) is 23.1 Å². The summed E-state index contributed by atoms with van der Waals surface area (Å²) in [6.45, 7) is 8.45. The highest BCUT2D eigenvalue weighted by Gasteiger charge is 2.21. The first-order valence-electron chi connectivity index (χ1n) is 7.27. The molecule has 2 rings (SSSR count). The van der Waals surface area contributed by atoms with E-state index in [9.17, 15) is 0 Å². The van der Waals surface area contributed by atoms with Crippen molar-refractivity contribution < 1.29 is 0 Å². The molecule has 0 spiro atoms. The van der Waals surface area contributed by atoms with Crippen molar-refractivity contribution in [1.82, 2.24) is 15.3 Å². The first kappa shape index (κ1) is 13.5. The van der Waals surface area contributed by atoms with Crippen LogP contribution < -0.4 is 5.32 Å². The highest BCUT2D eigenvalue weighted by atomic mass is 14.9. The molecule has 0 unspecified atom stereocenters. The summed E-state index contributed by atoms with van der Waals surface area (Å²) in [5, 5.41) is 3.37. The molecule has 1 heterocycles. The Morgan fingerprint density at radius 3 is 2.28 bits per heavy atom. The van der Waals surface area contributed by atoms with Crippen LogP contribution in [0.15, 0.2) is 0 Å². The van der Waals surface area contributed by atoms with E-state index in [2.05, 4.69) is 26.1 Å². The molecule has 1 fully saturated rings. The van der Waals surface area contributed by atoms with E-state index in [0.29, 0.717) is 5.92 Å². The molecule has 1 aromatic rings. The molecule has 100 valence electrons. The number of hydrogen-bond donors (Lipinski definition) is 1. The highest BCUT2D eigenvalue weighted by molar-refractivity contribution is 5.25. The predicted octanol–water partition coefficient (Wildman–Crippen LogP) is 2.90. The first-order valence-corrected chi connectivity index (χ1v) is 7.27. The molecule has 0 saturated heterocycles. The maximum absolute atomic E-state index is 4.76. The van der Waals surface area contributed by atoms with Gasteiger partial charge in [0.05, 0.1) is 0 Å². The van der Waals surface area contributed by atoms with Crippen LogP contribution in [-0.2, 0) is 6.42 Å². The van der Waals surface area contributed by atoms with Gasteiger partial charge in [0.15, 0.2) is 0 Å². The van der Waals surface area contributed by atoms with Crippen LogP contribution in [0, 0.1) is 13.8 Å². The molecule has 18 heavy (non-hydrogen) atoms. The van der Waals surface area contributed by atoms with Gasteiger partial charge in [-0.05, 0) is 51.8 Å². The van der Waals surface area contributed by atoms with Crippen LogP contribution in [0.4, 0.5) is 0 Å². The van der Waals surface area contributed by atoms with Crippen molar-refractivity contribution >= 4 is 0 Å². The van der Waals surface area contributed by atoms with Gasteiger partial charge in [-0.2, -0.15) is 0 Å². The van der Waals surface area contributed by atoms with Gasteiger partial charge in [0.2, 0.25) is 0 Å². The van der Waals surface area contributed by atoms with Gasteiger partial charge in [0, 0.05) is 17.3 Å². The van der Waals surface area contributed by atoms with Crippen LogP contribution in [0.5, 0.6) is 0 Å². The molecule has 0 bridgehead atoms. The zero-order chi connectivity index (χ0) is 13.0. The van der Waals surface area contributed by atoms with E-state index in [1.807, 2.05) is 0 Å². The SMILES string of the molecule is CCNCCc1c(C)nc(C2CCCC2)nc1C. The fraction of sp³-hybridized carbons (Fsp3) is 0.733. The Labute approximate surface area is 110 Å². The van der Waals surface area contributed by atoms with E-state index < -0.39 is 0 Å². The van der Waals surface area contributed by atoms with E-state index in [0.717, 1.165) is 25.3 Å². The molecule has 1 aliphatic rings. The topological polar surface area (TPSA) is 37.8 Å². The molecule has 1 N–H and O–H groups in total. The molecular weight excluding hydrogens is 222 g/mol. The Kier molecular flexibility index (Phi) is 4.70. The molecule has 3 heteroatoms. The van der Waals surface area contributed by atoms with Gasteiger partial charge in [-0.15, -0.1) is 0 Å². The highest BCUT2D eigenvalue weighted by Crippen LogP contribution is 2.32. The van der Waals surface area contributed by atoms with Crippen molar-refractivity contribution in [3.8, 4) is 0 Å². The smallest absolute Gasteiger partial charge is 0.131 e. The second-order valence-corrected chi connectivity index (χ2v) is 5.32. The second-order valence-electron chi connectivity index (χ2n) is 5.32. The predicted molar refractivity (Wildman–Crippen MR) is 75.0 cm³/mol. The number of rotatable bonds is 5. The van der Waals surface area contributed by atoms with Crippen LogP contribution in [0.25, 0.3) is 0 Å². The number of aromatic nitrogens is 2. The third-order valence-corrected chi connectivity index (χ3v) is 3.96. The van der Waals surface area contributed by atoms with E-state index in [1.165, 1.54) is 42.6 Å². The van der Waals surface area contributed by atoms with E-state index in [1.54, 1.807) is 0 Å². The summed E-state index contributed by atoms with van der Waals surface area (Å²) in [6, 6.07) is 0. The summed E-state index contributed by atoms with van der Waals surface area (Å²) in [5.74, 6) is 1.71. The Morgan fingerprint density at radius 2 is 1.72 bits per heavy atom. The van der Waals surface area contributed by atoms with Crippen LogP contribution in [0.2, 0.25) is 0 Å². The molecule has 3 nitrogen and oxygen atoms in total. The first-order chi connectivity index (χ1) is 8.72. The molecular formula is C15H25N3. The van der Waals surface area contributed by atoms with Crippen molar-refractivity contribution in [2.45, 2.75) is 58.8 Å². The molecule has 1 saturated carbocycles. The molecule has 1 aliphatic carbocycles. The minimum absolute atomic E-state index is 0.616. The number of aryl methyl sites for hydroxylation is 2. The zero-order valence-electron chi connectivity index (χ0n) is 11.9. The third kappa shape index (κ3) is 3.08. The quantitative estimate of drug-likeness (QED) is 0.813. The van der Waals surface area contributed by atoms with E-state index >= 15 is 0 Å². The standard InChI is InChI=1S/C15H25N3/c1-4-16-10-9-14-11(2)17-15(18-12(14)3)13-7-5-6-8-13/h13,16H,4-10H2,1-3H3. The number of nitrogens with zero attached hydrogens (tertiary/aromatic N) is 2. The van der Waals surface area contributed by atoms with Crippen LogP contribution in [0.1, 0.15) is 61.3 Å². The summed E-state index contributed by atoms with van der Waals surface area (Å²) in [6.07, 6.45) is 6.27. The fourth-order valence-corrected chi connectivity index (χ4v) is 2.88. The summed E-state index contributed by atoms with van der Waals surface area (Å²) in [5.41, 5.74) is 3.70. The summed E-state index contributed by atoms with van der Waals surface area (Å²) in [7, 11) is 0. The lowest BCUT2D eigenvalue weighted by Gasteiger charge is -2.14. The minimum atomic E-state index is 0.616. The van der Waals surface area contributed by atoms with Gasteiger partial charge in [0.1, 0.15) is 5.82 Å².